The first-order valence-corrected chi connectivity index (χ1v) is 10.3. The van der Waals surface area contributed by atoms with Crippen LogP contribution in [0.1, 0.15) is 45.6 Å². The number of nitrogens with one attached hydrogen (secondary N) is 2. The highest BCUT2D eigenvalue weighted by molar-refractivity contribution is 5.92. The van der Waals surface area contributed by atoms with Crippen LogP contribution in [0.4, 0.5) is 8.78 Å². The molecule has 4 rings (SSSR count). The predicted molar refractivity (Wildman–Crippen MR) is 118 cm³/mol. The van der Waals surface area contributed by atoms with Crippen molar-refractivity contribution < 1.29 is 13.6 Å². The first-order chi connectivity index (χ1) is 15.4. The fourth-order valence-electron chi connectivity index (χ4n) is 3.96. The Labute approximate surface area is 183 Å². The molecule has 0 radical (unpaired) electrons. The van der Waals surface area contributed by atoms with Crippen molar-refractivity contribution in [3.8, 4) is 0 Å². The van der Waals surface area contributed by atoms with Crippen LogP contribution in [0.25, 0.3) is 16.6 Å². The molecular weight excluding hydrogens is 416 g/mol. The number of hydrogen-bond donors (Lipinski definition) is 2. The summed E-state index contributed by atoms with van der Waals surface area (Å²) in [4.78, 5) is 37.0. The Morgan fingerprint density at radius 1 is 1.28 bits per heavy atom. The molecule has 1 aliphatic rings. The predicted octanol–water partition coefficient (Wildman–Crippen LogP) is 3.21. The Kier molecular flexibility index (Phi) is 6.09. The number of rotatable bonds is 5. The molecule has 166 valence electrons. The van der Waals surface area contributed by atoms with E-state index in [1.807, 2.05) is 6.07 Å². The fraction of sp³-hybridized carbons (Fsp3) is 0.304. The molecule has 3 aromatic rings. The maximum Gasteiger partial charge on any atom is 0.269 e. The number of aromatic nitrogens is 3. The zero-order chi connectivity index (χ0) is 22.8. The molecular formula is C23H23F2N5O2. The monoisotopic (exact) mass is 439 g/mol. The summed E-state index contributed by atoms with van der Waals surface area (Å²) in [6.45, 7) is 3.67. The summed E-state index contributed by atoms with van der Waals surface area (Å²) >= 11 is 0. The van der Waals surface area contributed by atoms with Gasteiger partial charge in [-0.05, 0) is 47.7 Å². The van der Waals surface area contributed by atoms with E-state index in [9.17, 15) is 18.4 Å². The van der Waals surface area contributed by atoms with Gasteiger partial charge in [-0.2, -0.15) is 0 Å². The van der Waals surface area contributed by atoms with Crippen molar-refractivity contribution >= 4 is 22.5 Å². The quantitative estimate of drug-likeness (QED) is 0.637. The molecule has 0 spiro atoms. The van der Waals surface area contributed by atoms with Gasteiger partial charge < -0.3 is 10.3 Å². The van der Waals surface area contributed by atoms with Crippen LogP contribution in [-0.4, -0.2) is 45.9 Å². The number of alkyl halides is 2. The minimum Gasteiger partial charge on any atom is -0.354 e. The Balaban J connectivity index is 1.48. The van der Waals surface area contributed by atoms with E-state index in [2.05, 4.69) is 31.2 Å². The standard InChI is InChI=1S/C23H23F2N5O2/c1-13-19(21(24)25)23(32)29-18-9-14(10-28-20(13)18)12-30-7-5-15(6-8-30)16-3-4-17(27-11-16)22(31)26-2/h3-5,9-11,21H,6-8,12H2,1-2H3,(H,26,31)(H,29,32). The van der Waals surface area contributed by atoms with Gasteiger partial charge in [-0.15, -0.1) is 0 Å². The molecule has 0 atom stereocenters. The summed E-state index contributed by atoms with van der Waals surface area (Å²) < 4.78 is 26.3. The minimum atomic E-state index is -2.84. The van der Waals surface area contributed by atoms with E-state index in [-0.39, 0.29) is 11.5 Å². The van der Waals surface area contributed by atoms with Gasteiger partial charge in [0.2, 0.25) is 0 Å². The SMILES string of the molecule is CNC(=O)c1ccc(C2=CCN(Cc3cnc4c(C)c(C(F)F)c(=O)[nH]c4c3)CC2)cn1. The Morgan fingerprint density at radius 2 is 2.09 bits per heavy atom. The Morgan fingerprint density at radius 3 is 2.72 bits per heavy atom. The molecule has 1 amide bonds. The van der Waals surface area contributed by atoms with Crippen molar-refractivity contribution in [3.63, 3.8) is 0 Å². The van der Waals surface area contributed by atoms with Crippen LogP contribution in [0, 0.1) is 6.92 Å². The van der Waals surface area contributed by atoms with Crippen molar-refractivity contribution in [2.24, 2.45) is 0 Å². The lowest BCUT2D eigenvalue weighted by molar-refractivity contribution is 0.0958. The van der Waals surface area contributed by atoms with Crippen LogP contribution >= 0.6 is 0 Å². The summed E-state index contributed by atoms with van der Waals surface area (Å²) in [5.74, 6) is -0.216. The smallest absolute Gasteiger partial charge is 0.269 e. The largest absolute Gasteiger partial charge is 0.354 e. The number of halogens is 2. The maximum absolute atomic E-state index is 13.1. The third kappa shape index (κ3) is 4.29. The van der Waals surface area contributed by atoms with Crippen LogP contribution in [-0.2, 0) is 6.54 Å². The third-order valence-electron chi connectivity index (χ3n) is 5.71. The van der Waals surface area contributed by atoms with Crippen LogP contribution in [0.15, 0.2) is 41.5 Å². The molecule has 0 fully saturated rings. The number of pyridine rings is 3. The van der Waals surface area contributed by atoms with Gasteiger partial charge in [0.05, 0.1) is 16.6 Å². The molecule has 1 aliphatic heterocycles. The van der Waals surface area contributed by atoms with Gasteiger partial charge >= 0.3 is 0 Å². The van der Waals surface area contributed by atoms with E-state index in [0.29, 0.717) is 23.3 Å². The molecule has 7 nitrogen and oxygen atoms in total. The second-order valence-electron chi connectivity index (χ2n) is 7.76. The summed E-state index contributed by atoms with van der Waals surface area (Å²) in [6.07, 6.45) is 3.51. The van der Waals surface area contributed by atoms with Crippen molar-refractivity contribution in [2.45, 2.75) is 26.3 Å². The van der Waals surface area contributed by atoms with Crippen molar-refractivity contribution in [1.29, 1.82) is 0 Å². The molecule has 2 N–H and O–H groups in total. The number of H-pyrrole nitrogens is 1. The highest BCUT2D eigenvalue weighted by Gasteiger charge is 2.19. The summed E-state index contributed by atoms with van der Waals surface area (Å²) in [5.41, 5.74) is 3.21. The highest BCUT2D eigenvalue weighted by Crippen LogP contribution is 2.25. The van der Waals surface area contributed by atoms with Crippen LogP contribution in [0.3, 0.4) is 0 Å². The molecule has 0 aromatic carbocycles. The van der Waals surface area contributed by atoms with E-state index < -0.39 is 17.5 Å². The van der Waals surface area contributed by atoms with Gasteiger partial charge in [-0.3, -0.25) is 24.5 Å². The lowest BCUT2D eigenvalue weighted by Crippen LogP contribution is -2.28. The lowest BCUT2D eigenvalue weighted by atomic mass is 10.0. The van der Waals surface area contributed by atoms with Gasteiger partial charge in [-0.1, -0.05) is 12.1 Å². The van der Waals surface area contributed by atoms with Gasteiger partial charge in [0, 0.05) is 39.1 Å². The lowest BCUT2D eigenvalue weighted by Gasteiger charge is -2.26. The Bertz CT molecular complexity index is 1250. The number of fused-ring (bicyclic) bond motifs is 1. The molecule has 32 heavy (non-hydrogen) atoms. The van der Waals surface area contributed by atoms with Gasteiger partial charge in [0.25, 0.3) is 17.9 Å². The number of aryl methyl sites for hydroxylation is 1. The van der Waals surface area contributed by atoms with E-state index in [4.69, 9.17) is 0 Å². The number of carbonyl (C=O) groups is 1. The van der Waals surface area contributed by atoms with Crippen molar-refractivity contribution in [3.05, 3.63) is 75.0 Å². The maximum atomic E-state index is 13.1. The average molecular weight is 439 g/mol. The zero-order valence-corrected chi connectivity index (χ0v) is 17.8. The zero-order valence-electron chi connectivity index (χ0n) is 17.8. The van der Waals surface area contributed by atoms with Gasteiger partial charge in [0.1, 0.15) is 5.69 Å². The molecule has 0 unspecified atom stereocenters. The number of carbonyl (C=O) groups excluding carboxylic acids is 1. The number of amides is 1. The van der Waals surface area contributed by atoms with E-state index in [1.54, 1.807) is 31.6 Å². The molecule has 0 saturated heterocycles. The molecule has 0 aliphatic carbocycles. The second-order valence-corrected chi connectivity index (χ2v) is 7.76. The topological polar surface area (TPSA) is 91.0 Å². The average Bonchev–Trinajstić information content (AvgIpc) is 2.79. The van der Waals surface area contributed by atoms with Crippen LogP contribution in [0.5, 0.6) is 0 Å². The van der Waals surface area contributed by atoms with Gasteiger partial charge in [-0.25, -0.2) is 8.78 Å². The van der Waals surface area contributed by atoms with Crippen LogP contribution < -0.4 is 10.9 Å². The summed E-state index contributed by atoms with van der Waals surface area (Å²) in [6, 6.07) is 5.41. The minimum absolute atomic E-state index is 0.215. The van der Waals surface area contributed by atoms with E-state index in [1.165, 1.54) is 12.5 Å². The summed E-state index contributed by atoms with van der Waals surface area (Å²) in [5, 5.41) is 2.55. The second kappa shape index (κ2) is 8.96. The normalized spacial score (nSPS) is 14.6. The van der Waals surface area contributed by atoms with Crippen molar-refractivity contribution in [2.75, 3.05) is 20.1 Å². The third-order valence-corrected chi connectivity index (χ3v) is 5.71. The van der Waals surface area contributed by atoms with E-state index >= 15 is 0 Å². The fourth-order valence-corrected chi connectivity index (χ4v) is 3.96. The molecule has 0 bridgehead atoms. The van der Waals surface area contributed by atoms with Crippen LogP contribution in [0.2, 0.25) is 0 Å². The Hall–Kier alpha value is -3.46. The number of nitrogens with zero attached hydrogens (tertiary/aromatic N) is 3. The first kappa shape index (κ1) is 21.8. The highest BCUT2D eigenvalue weighted by atomic mass is 19.3. The molecule has 0 saturated carbocycles. The molecule has 9 heteroatoms. The number of hydrogen-bond acceptors (Lipinski definition) is 5. The summed E-state index contributed by atoms with van der Waals surface area (Å²) in [7, 11) is 1.57. The van der Waals surface area contributed by atoms with Crippen molar-refractivity contribution in [1.82, 2.24) is 25.2 Å². The number of aromatic amines is 1. The van der Waals surface area contributed by atoms with E-state index in [0.717, 1.165) is 30.6 Å². The van der Waals surface area contributed by atoms with Gasteiger partial charge in [0.15, 0.2) is 0 Å². The first-order valence-electron chi connectivity index (χ1n) is 10.3. The molecule has 3 aromatic heterocycles. The molecule has 4 heterocycles.